The van der Waals surface area contributed by atoms with Crippen molar-refractivity contribution in [1.82, 2.24) is 9.97 Å². The molecule has 0 aliphatic carbocycles. The van der Waals surface area contributed by atoms with Crippen molar-refractivity contribution in [3.63, 3.8) is 0 Å². The van der Waals surface area contributed by atoms with Crippen molar-refractivity contribution in [1.29, 1.82) is 0 Å². The van der Waals surface area contributed by atoms with Crippen molar-refractivity contribution < 1.29 is 4.79 Å². The maximum absolute atomic E-state index is 12.0. The van der Waals surface area contributed by atoms with Crippen molar-refractivity contribution in [2.75, 3.05) is 23.8 Å². The molecule has 0 atom stereocenters. The summed E-state index contributed by atoms with van der Waals surface area (Å²) in [5.74, 6) is 0.722. The Kier molecular flexibility index (Phi) is 5.26. The summed E-state index contributed by atoms with van der Waals surface area (Å²) in [6.07, 6.45) is 7.14. The molecule has 0 spiro atoms. The van der Waals surface area contributed by atoms with Gasteiger partial charge in [0.1, 0.15) is 5.82 Å². The van der Waals surface area contributed by atoms with E-state index >= 15 is 0 Å². The Balaban J connectivity index is 1.98. The van der Waals surface area contributed by atoms with E-state index in [1.54, 1.807) is 24.5 Å². The minimum atomic E-state index is -0.183. The number of pyridine rings is 2. The standard InChI is InChI=1S/C16H20N4O/c1-3-4-10-20(2)15-8-7-14(12-18-15)19-16(21)13-6-5-9-17-11-13/h5-9,11-12H,3-4,10H2,1-2H3,(H,19,21). The minimum Gasteiger partial charge on any atom is -0.360 e. The van der Waals surface area contributed by atoms with Crippen LogP contribution >= 0.6 is 0 Å². The third-order valence-corrected chi connectivity index (χ3v) is 3.17. The lowest BCUT2D eigenvalue weighted by molar-refractivity contribution is 0.102. The topological polar surface area (TPSA) is 58.1 Å². The number of unbranched alkanes of at least 4 members (excludes halogenated alkanes) is 1. The predicted molar refractivity (Wildman–Crippen MR) is 84.6 cm³/mol. The maximum Gasteiger partial charge on any atom is 0.257 e. The van der Waals surface area contributed by atoms with Crippen LogP contribution in [0.3, 0.4) is 0 Å². The van der Waals surface area contributed by atoms with Gasteiger partial charge in [-0.05, 0) is 30.7 Å². The predicted octanol–water partition coefficient (Wildman–Crippen LogP) is 2.97. The second kappa shape index (κ2) is 7.38. The first kappa shape index (κ1) is 15.0. The summed E-state index contributed by atoms with van der Waals surface area (Å²) >= 11 is 0. The first-order valence-corrected chi connectivity index (χ1v) is 7.09. The van der Waals surface area contributed by atoms with Crippen LogP contribution in [0.2, 0.25) is 0 Å². The quantitative estimate of drug-likeness (QED) is 0.886. The largest absolute Gasteiger partial charge is 0.360 e. The molecule has 2 rings (SSSR count). The molecule has 5 nitrogen and oxygen atoms in total. The summed E-state index contributed by atoms with van der Waals surface area (Å²) in [5, 5.41) is 2.81. The van der Waals surface area contributed by atoms with Crippen molar-refractivity contribution in [3.05, 3.63) is 48.4 Å². The van der Waals surface area contributed by atoms with E-state index in [1.807, 2.05) is 19.2 Å². The summed E-state index contributed by atoms with van der Waals surface area (Å²) in [6.45, 7) is 3.14. The van der Waals surface area contributed by atoms with Crippen LogP contribution in [0, 0.1) is 0 Å². The van der Waals surface area contributed by atoms with Gasteiger partial charge < -0.3 is 10.2 Å². The Morgan fingerprint density at radius 3 is 2.76 bits per heavy atom. The normalized spacial score (nSPS) is 10.2. The molecule has 0 fully saturated rings. The Hall–Kier alpha value is -2.43. The van der Waals surface area contributed by atoms with Gasteiger partial charge in [0.2, 0.25) is 0 Å². The molecule has 0 radical (unpaired) electrons. The first-order chi connectivity index (χ1) is 10.2. The van der Waals surface area contributed by atoms with Crippen LogP contribution in [0.5, 0.6) is 0 Å². The fraction of sp³-hybridized carbons (Fsp3) is 0.312. The SMILES string of the molecule is CCCCN(C)c1ccc(NC(=O)c2cccnc2)cn1. The maximum atomic E-state index is 12.0. The van der Waals surface area contributed by atoms with Crippen LogP contribution in [0.25, 0.3) is 0 Å². The van der Waals surface area contributed by atoms with E-state index in [1.165, 1.54) is 6.20 Å². The van der Waals surface area contributed by atoms with E-state index < -0.39 is 0 Å². The number of hydrogen-bond donors (Lipinski definition) is 1. The second-order valence-corrected chi connectivity index (χ2v) is 4.88. The summed E-state index contributed by atoms with van der Waals surface area (Å²) < 4.78 is 0. The molecule has 21 heavy (non-hydrogen) atoms. The van der Waals surface area contributed by atoms with Crippen LogP contribution in [0.1, 0.15) is 30.1 Å². The Labute approximate surface area is 125 Å². The fourth-order valence-electron chi connectivity index (χ4n) is 1.90. The monoisotopic (exact) mass is 284 g/mol. The molecule has 0 unspecified atom stereocenters. The Morgan fingerprint density at radius 1 is 1.29 bits per heavy atom. The molecule has 5 heteroatoms. The van der Waals surface area contributed by atoms with Crippen LogP contribution < -0.4 is 10.2 Å². The molecule has 110 valence electrons. The summed E-state index contributed by atoms with van der Waals surface area (Å²) in [6, 6.07) is 7.23. The van der Waals surface area contributed by atoms with Gasteiger partial charge in [-0.25, -0.2) is 4.98 Å². The second-order valence-electron chi connectivity index (χ2n) is 4.88. The van der Waals surface area contributed by atoms with Gasteiger partial charge >= 0.3 is 0 Å². The molecule has 2 aromatic heterocycles. The van der Waals surface area contributed by atoms with E-state index in [9.17, 15) is 4.79 Å². The van der Waals surface area contributed by atoms with E-state index in [0.717, 1.165) is 25.2 Å². The number of hydrogen-bond acceptors (Lipinski definition) is 4. The lowest BCUT2D eigenvalue weighted by Gasteiger charge is -2.17. The molecule has 0 bridgehead atoms. The molecule has 0 aromatic carbocycles. The van der Waals surface area contributed by atoms with Crippen LogP contribution in [0.4, 0.5) is 11.5 Å². The highest BCUT2D eigenvalue weighted by Crippen LogP contribution is 2.14. The zero-order valence-corrected chi connectivity index (χ0v) is 12.4. The van der Waals surface area contributed by atoms with Crippen molar-refractivity contribution in [2.24, 2.45) is 0 Å². The third kappa shape index (κ3) is 4.27. The van der Waals surface area contributed by atoms with Crippen LogP contribution in [-0.4, -0.2) is 29.5 Å². The molecule has 1 N–H and O–H groups in total. The van der Waals surface area contributed by atoms with E-state index in [-0.39, 0.29) is 5.91 Å². The van der Waals surface area contributed by atoms with Crippen molar-refractivity contribution in [3.8, 4) is 0 Å². The summed E-state index contributed by atoms with van der Waals surface area (Å²) in [7, 11) is 2.02. The lowest BCUT2D eigenvalue weighted by Crippen LogP contribution is -2.19. The van der Waals surface area contributed by atoms with Gasteiger partial charge in [0.05, 0.1) is 17.4 Å². The molecule has 0 saturated carbocycles. The number of amides is 1. The molecule has 0 aliphatic rings. The van der Waals surface area contributed by atoms with E-state index in [0.29, 0.717) is 11.3 Å². The third-order valence-electron chi connectivity index (χ3n) is 3.17. The molecular weight excluding hydrogens is 264 g/mol. The van der Waals surface area contributed by atoms with Gasteiger partial charge in [-0.15, -0.1) is 0 Å². The van der Waals surface area contributed by atoms with Gasteiger partial charge in [-0.3, -0.25) is 9.78 Å². The summed E-state index contributed by atoms with van der Waals surface area (Å²) in [5.41, 5.74) is 1.21. The molecule has 2 heterocycles. The van der Waals surface area contributed by atoms with Gasteiger partial charge in [0.15, 0.2) is 0 Å². The highest BCUT2D eigenvalue weighted by atomic mass is 16.1. The highest BCUT2D eigenvalue weighted by Gasteiger charge is 2.07. The lowest BCUT2D eigenvalue weighted by atomic mass is 10.2. The molecule has 0 aliphatic heterocycles. The number of anilines is 2. The smallest absolute Gasteiger partial charge is 0.257 e. The van der Waals surface area contributed by atoms with Crippen LogP contribution in [0.15, 0.2) is 42.9 Å². The molecule has 2 aromatic rings. The van der Waals surface area contributed by atoms with Crippen LogP contribution in [-0.2, 0) is 0 Å². The number of nitrogens with zero attached hydrogens (tertiary/aromatic N) is 3. The van der Waals surface area contributed by atoms with Gasteiger partial charge in [-0.2, -0.15) is 0 Å². The number of rotatable bonds is 6. The minimum absolute atomic E-state index is 0.183. The zero-order valence-electron chi connectivity index (χ0n) is 12.4. The van der Waals surface area contributed by atoms with Gasteiger partial charge in [0, 0.05) is 26.0 Å². The highest BCUT2D eigenvalue weighted by molar-refractivity contribution is 6.03. The fourth-order valence-corrected chi connectivity index (χ4v) is 1.90. The summed E-state index contributed by atoms with van der Waals surface area (Å²) in [4.78, 5) is 22.4. The Morgan fingerprint density at radius 2 is 2.14 bits per heavy atom. The number of carbonyl (C=O) groups excluding carboxylic acids is 1. The van der Waals surface area contributed by atoms with Gasteiger partial charge in [0.25, 0.3) is 5.91 Å². The molecular formula is C16H20N4O. The van der Waals surface area contributed by atoms with E-state index in [4.69, 9.17) is 0 Å². The van der Waals surface area contributed by atoms with E-state index in [2.05, 4.69) is 27.1 Å². The molecule has 1 amide bonds. The number of nitrogens with one attached hydrogen (secondary N) is 1. The zero-order chi connectivity index (χ0) is 15.1. The average Bonchev–Trinajstić information content (AvgIpc) is 2.54. The van der Waals surface area contributed by atoms with Crippen molar-refractivity contribution >= 4 is 17.4 Å². The first-order valence-electron chi connectivity index (χ1n) is 7.09. The Bertz CT molecular complexity index is 569. The number of aromatic nitrogens is 2. The molecule has 0 saturated heterocycles. The average molecular weight is 284 g/mol. The number of carbonyl (C=O) groups is 1. The van der Waals surface area contributed by atoms with Crippen molar-refractivity contribution in [2.45, 2.75) is 19.8 Å². The van der Waals surface area contributed by atoms with Gasteiger partial charge in [-0.1, -0.05) is 13.3 Å².